The van der Waals surface area contributed by atoms with Gasteiger partial charge in [-0.2, -0.15) is 5.10 Å². The van der Waals surface area contributed by atoms with Crippen LogP contribution in [0.15, 0.2) is 66.9 Å². The van der Waals surface area contributed by atoms with Gasteiger partial charge in [0.15, 0.2) is 0 Å². The van der Waals surface area contributed by atoms with E-state index in [0.29, 0.717) is 19.6 Å². The lowest BCUT2D eigenvalue weighted by molar-refractivity contribution is -0.135. The molecular weight excluding hydrogens is 402 g/mol. The van der Waals surface area contributed by atoms with Crippen molar-refractivity contribution in [3.05, 3.63) is 72.4 Å². The number of rotatable bonds is 7. The van der Waals surface area contributed by atoms with Gasteiger partial charge < -0.3 is 10.6 Å². The number of carbonyl (C=O) groups is 2. The minimum absolute atomic E-state index is 0.0233. The van der Waals surface area contributed by atoms with E-state index >= 15 is 0 Å². The molecule has 166 valence electrons. The van der Waals surface area contributed by atoms with E-state index in [1.807, 2.05) is 83.5 Å². The fourth-order valence-electron chi connectivity index (χ4n) is 4.19. The Hall–Kier alpha value is -3.45. The molecule has 1 aliphatic rings. The number of piperidine rings is 1. The molecule has 7 nitrogen and oxygen atoms in total. The van der Waals surface area contributed by atoms with Crippen molar-refractivity contribution in [2.24, 2.45) is 11.7 Å². The number of likely N-dealkylation sites (tertiary alicyclic amines) is 1. The molecule has 1 aliphatic heterocycles. The summed E-state index contributed by atoms with van der Waals surface area (Å²) in [5.74, 6) is -0.543. The molecule has 2 amide bonds. The van der Waals surface area contributed by atoms with Crippen LogP contribution in [-0.2, 0) is 16.1 Å². The third kappa shape index (κ3) is 5.06. The Kier molecular flexibility index (Phi) is 6.66. The lowest BCUT2D eigenvalue weighted by Crippen LogP contribution is -2.47. The zero-order chi connectivity index (χ0) is 22.5. The second kappa shape index (κ2) is 9.78. The number of hydrogen-bond donors (Lipinski definition) is 1. The van der Waals surface area contributed by atoms with Gasteiger partial charge in [0.05, 0.1) is 23.8 Å². The number of primary amides is 1. The number of carbonyl (C=O) groups excluding carboxylic acids is 2. The topological polar surface area (TPSA) is 84.5 Å². The molecule has 2 aromatic carbocycles. The molecule has 2 heterocycles. The summed E-state index contributed by atoms with van der Waals surface area (Å²) >= 11 is 0. The minimum Gasteiger partial charge on any atom is -0.369 e. The fraction of sp³-hybridized carbons (Fsp3) is 0.320. The lowest BCUT2D eigenvalue weighted by atomic mass is 9.97. The monoisotopic (exact) mass is 431 g/mol. The molecule has 2 N–H and O–H groups in total. The number of likely N-dealkylation sites (N-methyl/N-ethyl adjacent to an activating group) is 1. The maximum Gasteiger partial charge on any atom is 0.236 e. The zero-order valence-corrected chi connectivity index (χ0v) is 18.4. The molecule has 0 spiro atoms. The van der Waals surface area contributed by atoms with Crippen LogP contribution in [0.5, 0.6) is 0 Å². The molecule has 0 bridgehead atoms. The van der Waals surface area contributed by atoms with E-state index in [9.17, 15) is 9.59 Å². The van der Waals surface area contributed by atoms with Gasteiger partial charge in [0.2, 0.25) is 11.8 Å². The summed E-state index contributed by atoms with van der Waals surface area (Å²) < 4.78 is 1.88. The van der Waals surface area contributed by atoms with Crippen LogP contribution < -0.4 is 5.73 Å². The average molecular weight is 432 g/mol. The highest BCUT2D eigenvalue weighted by Crippen LogP contribution is 2.25. The van der Waals surface area contributed by atoms with Gasteiger partial charge in [-0.1, -0.05) is 48.5 Å². The Morgan fingerprint density at radius 2 is 1.78 bits per heavy atom. The van der Waals surface area contributed by atoms with Gasteiger partial charge in [-0.25, -0.2) is 4.68 Å². The van der Waals surface area contributed by atoms with E-state index in [-0.39, 0.29) is 24.3 Å². The average Bonchev–Trinajstić information content (AvgIpc) is 3.24. The van der Waals surface area contributed by atoms with Crippen LogP contribution in [-0.4, -0.2) is 58.1 Å². The first-order chi connectivity index (χ1) is 15.5. The summed E-state index contributed by atoms with van der Waals surface area (Å²) in [6.07, 6.45) is 3.60. The maximum atomic E-state index is 12.9. The second-order valence-electron chi connectivity index (χ2n) is 8.40. The van der Waals surface area contributed by atoms with Gasteiger partial charge in [-0.15, -0.1) is 0 Å². The Labute approximate surface area is 188 Å². The van der Waals surface area contributed by atoms with Gasteiger partial charge in [-0.3, -0.25) is 14.5 Å². The number of para-hydroxylation sites is 1. The van der Waals surface area contributed by atoms with E-state index in [2.05, 4.69) is 0 Å². The summed E-state index contributed by atoms with van der Waals surface area (Å²) in [4.78, 5) is 28.2. The van der Waals surface area contributed by atoms with Crippen molar-refractivity contribution < 1.29 is 9.59 Å². The van der Waals surface area contributed by atoms with E-state index in [1.165, 1.54) is 0 Å². The number of aromatic nitrogens is 2. The highest BCUT2D eigenvalue weighted by Gasteiger charge is 2.27. The van der Waals surface area contributed by atoms with Gasteiger partial charge in [0.1, 0.15) is 0 Å². The highest BCUT2D eigenvalue weighted by molar-refractivity contribution is 5.81. The Bertz CT molecular complexity index is 1060. The van der Waals surface area contributed by atoms with Crippen LogP contribution in [0.3, 0.4) is 0 Å². The van der Waals surface area contributed by atoms with Crippen molar-refractivity contribution in [1.29, 1.82) is 0 Å². The van der Waals surface area contributed by atoms with Crippen molar-refractivity contribution >= 4 is 11.8 Å². The maximum absolute atomic E-state index is 12.9. The summed E-state index contributed by atoms with van der Waals surface area (Å²) in [5, 5.41) is 4.85. The van der Waals surface area contributed by atoms with Gasteiger partial charge >= 0.3 is 0 Å². The molecule has 1 atom stereocenters. The van der Waals surface area contributed by atoms with Gasteiger partial charge in [0.25, 0.3) is 0 Å². The number of nitrogens with two attached hydrogens (primary N) is 1. The molecule has 0 saturated carbocycles. The summed E-state index contributed by atoms with van der Waals surface area (Å²) in [6, 6.07) is 20.1. The smallest absolute Gasteiger partial charge is 0.236 e. The predicted molar refractivity (Wildman–Crippen MR) is 124 cm³/mol. The second-order valence-corrected chi connectivity index (χ2v) is 8.40. The van der Waals surface area contributed by atoms with Crippen molar-refractivity contribution in [1.82, 2.24) is 19.6 Å². The first-order valence-electron chi connectivity index (χ1n) is 11.0. The minimum atomic E-state index is -0.323. The molecule has 7 heteroatoms. The third-order valence-electron chi connectivity index (χ3n) is 5.88. The van der Waals surface area contributed by atoms with E-state index in [0.717, 1.165) is 35.3 Å². The number of hydrogen-bond acceptors (Lipinski definition) is 4. The van der Waals surface area contributed by atoms with Crippen molar-refractivity contribution in [3.8, 4) is 16.9 Å². The molecule has 1 unspecified atom stereocenters. The van der Waals surface area contributed by atoms with E-state index in [4.69, 9.17) is 10.8 Å². The van der Waals surface area contributed by atoms with E-state index in [1.54, 1.807) is 4.90 Å². The van der Waals surface area contributed by atoms with Crippen LogP contribution in [0, 0.1) is 5.92 Å². The number of benzene rings is 2. The third-order valence-corrected chi connectivity index (χ3v) is 5.88. The largest absolute Gasteiger partial charge is 0.369 e. The van der Waals surface area contributed by atoms with Gasteiger partial charge in [0, 0.05) is 37.0 Å². The Morgan fingerprint density at radius 3 is 2.47 bits per heavy atom. The molecule has 1 aromatic heterocycles. The Balaban J connectivity index is 1.51. The molecule has 32 heavy (non-hydrogen) atoms. The van der Waals surface area contributed by atoms with E-state index < -0.39 is 0 Å². The van der Waals surface area contributed by atoms with Crippen LogP contribution in [0.1, 0.15) is 18.4 Å². The normalized spacial score (nSPS) is 16.3. The first kappa shape index (κ1) is 21.8. The van der Waals surface area contributed by atoms with Crippen molar-refractivity contribution in [3.63, 3.8) is 0 Å². The summed E-state index contributed by atoms with van der Waals surface area (Å²) in [6.45, 7) is 1.95. The molecule has 0 radical (unpaired) electrons. The van der Waals surface area contributed by atoms with Gasteiger partial charge in [-0.05, 0) is 32.0 Å². The molecule has 1 fully saturated rings. The molecule has 1 saturated heterocycles. The van der Waals surface area contributed by atoms with Crippen LogP contribution in [0.4, 0.5) is 0 Å². The lowest BCUT2D eigenvalue weighted by Gasteiger charge is -2.32. The molecule has 3 aromatic rings. The SMILES string of the molecule is CN(CC(=O)N1CCCC(C(N)=O)C1)Cc1cn(-c2ccccc2)nc1-c1ccccc1. The zero-order valence-electron chi connectivity index (χ0n) is 18.4. The molecule has 4 rings (SSSR count). The van der Waals surface area contributed by atoms with Crippen molar-refractivity contribution in [2.45, 2.75) is 19.4 Å². The fourth-order valence-corrected chi connectivity index (χ4v) is 4.19. The molecule has 0 aliphatic carbocycles. The van der Waals surface area contributed by atoms with Crippen LogP contribution in [0.25, 0.3) is 16.9 Å². The Morgan fingerprint density at radius 1 is 1.09 bits per heavy atom. The first-order valence-corrected chi connectivity index (χ1v) is 11.0. The predicted octanol–water partition coefficient (Wildman–Crippen LogP) is 2.70. The van der Waals surface area contributed by atoms with Crippen LogP contribution >= 0.6 is 0 Å². The van der Waals surface area contributed by atoms with Crippen LogP contribution in [0.2, 0.25) is 0 Å². The quantitative estimate of drug-likeness (QED) is 0.623. The summed E-state index contributed by atoms with van der Waals surface area (Å²) in [7, 11) is 1.93. The summed E-state index contributed by atoms with van der Waals surface area (Å²) in [5.41, 5.74) is 9.43. The number of nitrogens with zero attached hydrogens (tertiary/aromatic N) is 4. The number of amides is 2. The highest BCUT2D eigenvalue weighted by atomic mass is 16.2. The molecular formula is C25H29N5O2. The standard InChI is InChI=1S/C25H29N5O2/c1-28(18-23(31)29-14-8-11-20(16-29)25(26)32)15-21-17-30(22-12-6-3-7-13-22)27-24(21)19-9-4-2-5-10-19/h2-7,9-10,12-13,17,20H,8,11,14-16,18H2,1H3,(H2,26,32). The van der Waals surface area contributed by atoms with Crippen molar-refractivity contribution in [2.75, 3.05) is 26.7 Å².